The van der Waals surface area contributed by atoms with Gasteiger partial charge in [0.15, 0.2) is 0 Å². The topological polar surface area (TPSA) is 38.3 Å². The SMILES string of the molecule is COCC(C)NC(=O)c1cccc(Br)c1F. The number of nitrogens with one attached hydrogen (secondary N) is 1. The van der Waals surface area contributed by atoms with E-state index in [0.29, 0.717) is 6.61 Å². The first-order valence-electron chi connectivity index (χ1n) is 4.80. The largest absolute Gasteiger partial charge is 0.383 e. The molecule has 0 saturated carbocycles. The number of benzene rings is 1. The highest BCUT2D eigenvalue weighted by Crippen LogP contribution is 2.18. The minimum Gasteiger partial charge on any atom is -0.383 e. The van der Waals surface area contributed by atoms with E-state index in [9.17, 15) is 9.18 Å². The first kappa shape index (κ1) is 13.1. The van der Waals surface area contributed by atoms with E-state index in [1.807, 2.05) is 0 Å². The number of carbonyl (C=O) groups is 1. The molecule has 0 heterocycles. The minimum atomic E-state index is -0.551. The normalized spacial score (nSPS) is 12.2. The highest BCUT2D eigenvalue weighted by atomic mass is 79.9. The maximum Gasteiger partial charge on any atom is 0.254 e. The first-order valence-corrected chi connectivity index (χ1v) is 5.59. The second-order valence-corrected chi connectivity index (χ2v) is 4.29. The van der Waals surface area contributed by atoms with Gasteiger partial charge in [0.2, 0.25) is 0 Å². The van der Waals surface area contributed by atoms with E-state index in [1.165, 1.54) is 6.07 Å². The van der Waals surface area contributed by atoms with Gasteiger partial charge in [-0.05, 0) is 35.0 Å². The maximum absolute atomic E-state index is 13.5. The Morgan fingerprint density at radius 3 is 2.94 bits per heavy atom. The molecule has 1 unspecified atom stereocenters. The van der Waals surface area contributed by atoms with Crippen LogP contribution in [0.15, 0.2) is 22.7 Å². The Balaban J connectivity index is 2.77. The molecule has 5 heteroatoms. The molecule has 1 amide bonds. The predicted molar refractivity (Wildman–Crippen MR) is 62.9 cm³/mol. The second-order valence-electron chi connectivity index (χ2n) is 3.43. The number of amides is 1. The number of carbonyl (C=O) groups excluding carboxylic acids is 1. The number of rotatable bonds is 4. The van der Waals surface area contributed by atoms with Crippen molar-refractivity contribution in [3.8, 4) is 0 Å². The summed E-state index contributed by atoms with van der Waals surface area (Å²) in [5, 5.41) is 2.64. The Morgan fingerprint density at radius 2 is 2.31 bits per heavy atom. The summed E-state index contributed by atoms with van der Waals surface area (Å²) < 4.78 is 18.7. The third-order valence-corrected chi connectivity index (χ3v) is 2.60. The Kier molecular flexibility index (Phi) is 4.89. The van der Waals surface area contributed by atoms with Crippen LogP contribution < -0.4 is 5.32 Å². The van der Waals surface area contributed by atoms with Gasteiger partial charge in [0.05, 0.1) is 16.6 Å². The van der Waals surface area contributed by atoms with Crippen molar-refractivity contribution in [2.45, 2.75) is 13.0 Å². The molecule has 3 nitrogen and oxygen atoms in total. The highest BCUT2D eigenvalue weighted by molar-refractivity contribution is 9.10. The minimum absolute atomic E-state index is 0.0253. The summed E-state index contributed by atoms with van der Waals surface area (Å²) in [5.74, 6) is -0.993. The summed E-state index contributed by atoms with van der Waals surface area (Å²) in [4.78, 5) is 11.7. The number of ether oxygens (including phenoxy) is 1. The molecule has 0 spiro atoms. The Hall–Kier alpha value is -0.940. The van der Waals surface area contributed by atoms with Crippen LogP contribution in [0.1, 0.15) is 17.3 Å². The van der Waals surface area contributed by atoms with Crippen LogP contribution in [0.5, 0.6) is 0 Å². The van der Waals surface area contributed by atoms with Crippen molar-refractivity contribution in [2.75, 3.05) is 13.7 Å². The van der Waals surface area contributed by atoms with E-state index in [2.05, 4.69) is 21.2 Å². The molecule has 16 heavy (non-hydrogen) atoms. The fraction of sp³-hybridized carbons (Fsp3) is 0.364. The fourth-order valence-electron chi connectivity index (χ4n) is 1.27. The molecule has 0 aliphatic carbocycles. The van der Waals surface area contributed by atoms with Crippen molar-refractivity contribution in [3.63, 3.8) is 0 Å². The predicted octanol–water partition coefficient (Wildman–Crippen LogP) is 2.35. The molecule has 0 bridgehead atoms. The van der Waals surface area contributed by atoms with E-state index in [4.69, 9.17) is 4.74 Å². The Bertz CT molecular complexity index is 384. The zero-order valence-corrected chi connectivity index (χ0v) is 10.7. The van der Waals surface area contributed by atoms with Gasteiger partial charge in [-0.2, -0.15) is 0 Å². The fourth-order valence-corrected chi connectivity index (χ4v) is 1.64. The quantitative estimate of drug-likeness (QED) is 0.924. The molecule has 88 valence electrons. The van der Waals surface area contributed by atoms with E-state index < -0.39 is 11.7 Å². The highest BCUT2D eigenvalue weighted by Gasteiger charge is 2.15. The first-order chi connectivity index (χ1) is 7.56. The van der Waals surface area contributed by atoms with E-state index >= 15 is 0 Å². The molecule has 1 atom stereocenters. The Morgan fingerprint density at radius 1 is 1.62 bits per heavy atom. The molecule has 0 aliphatic rings. The van der Waals surface area contributed by atoms with Crippen molar-refractivity contribution in [3.05, 3.63) is 34.1 Å². The van der Waals surface area contributed by atoms with Crippen molar-refractivity contribution >= 4 is 21.8 Å². The van der Waals surface area contributed by atoms with Crippen LogP contribution in [0.4, 0.5) is 4.39 Å². The molecule has 0 aliphatic heterocycles. The number of hydrogen-bond acceptors (Lipinski definition) is 2. The van der Waals surface area contributed by atoms with Gasteiger partial charge in [-0.3, -0.25) is 4.79 Å². The molecule has 0 saturated heterocycles. The monoisotopic (exact) mass is 289 g/mol. The third kappa shape index (κ3) is 3.28. The number of hydrogen-bond donors (Lipinski definition) is 1. The van der Waals surface area contributed by atoms with E-state index in [-0.39, 0.29) is 16.1 Å². The summed E-state index contributed by atoms with van der Waals surface area (Å²) in [6, 6.07) is 4.44. The number of halogens is 2. The van der Waals surface area contributed by atoms with Gasteiger partial charge in [-0.15, -0.1) is 0 Å². The van der Waals surface area contributed by atoms with Gasteiger partial charge in [0.25, 0.3) is 5.91 Å². The maximum atomic E-state index is 13.5. The van der Waals surface area contributed by atoms with Crippen molar-refractivity contribution < 1.29 is 13.9 Å². The van der Waals surface area contributed by atoms with Gasteiger partial charge in [-0.1, -0.05) is 6.07 Å². The lowest BCUT2D eigenvalue weighted by molar-refractivity contribution is 0.0901. The van der Waals surface area contributed by atoms with Crippen molar-refractivity contribution in [2.24, 2.45) is 0 Å². The lowest BCUT2D eigenvalue weighted by atomic mass is 10.2. The van der Waals surface area contributed by atoms with Crippen LogP contribution in [0.3, 0.4) is 0 Å². The van der Waals surface area contributed by atoms with Gasteiger partial charge in [-0.25, -0.2) is 4.39 Å². The van der Waals surface area contributed by atoms with Crippen LogP contribution in [-0.4, -0.2) is 25.7 Å². The number of methoxy groups -OCH3 is 1. The van der Waals surface area contributed by atoms with Crippen LogP contribution in [0.2, 0.25) is 0 Å². The zero-order valence-electron chi connectivity index (χ0n) is 9.09. The molecule has 1 aromatic rings. The van der Waals surface area contributed by atoms with Crippen LogP contribution in [-0.2, 0) is 4.74 Å². The molecule has 0 fully saturated rings. The average molecular weight is 290 g/mol. The van der Waals surface area contributed by atoms with E-state index in [1.54, 1.807) is 26.2 Å². The molecule has 0 aromatic heterocycles. The van der Waals surface area contributed by atoms with Crippen LogP contribution in [0.25, 0.3) is 0 Å². The van der Waals surface area contributed by atoms with Crippen LogP contribution in [0, 0.1) is 5.82 Å². The average Bonchev–Trinajstić information content (AvgIpc) is 2.22. The molecular weight excluding hydrogens is 277 g/mol. The summed E-state index contributed by atoms with van der Waals surface area (Å²) in [5.41, 5.74) is 0.0253. The smallest absolute Gasteiger partial charge is 0.254 e. The molecule has 1 aromatic carbocycles. The molecule has 0 radical (unpaired) electrons. The van der Waals surface area contributed by atoms with Crippen molar-refractivity contribution in [1.29, 1.82) is 0 Å². The van der Waals surface area contributed by atoms with Crippen molar-refractivity contribution in [1.82, 2.24) is 5.32 Å². The standard InChI is InChI=1S/C11H13BrFNO2/c1-7(6-16-2)14-11(15)8-4-3-5-9(12)10(8)13/h3-5,7H,6H2,1-2H3,(H,14,15). The molecular formula is C11H13BrFNO2. The second kappa shape index (κ2) is 5.96. The van der Waals surface area contributed by atoms with E-state index in [0.717, 1.165) is 0 Å². The van der Waals surface area contributed by atoms with Gasteiger partial charge < -0.3 is 10.1 Å². The molecule has 1 rings (SSSR count). The summed E-state index contributed by atoms with van der Waals surface area (Å²) in [6.07, 6.45) is 0. The lowest BCUT2D eigenvalue weighted by Gasteiger charge is -2.13. The Labute approximate surface area is 102 Å². The van der Waals surface area contributed by atoms with Gasteiger partial charge in [0, 0.05) is 13.2 Å². The van der Waals surface area contributed by atoms with Crippen LogP contribution >= 0.6 is 15.9 Å². The third-order valence-electron chi connectivity index (χ3n) is 1.99. The van der Waals surface area contributed by atoms with Gasteiger partial charge in [0.1, 0.15) is 5.82 Å². The molecule has 1 N–H and O–H groups in total. The zero-order chi connectivity index (χ0) is 12.1. The summed E-state index contributed by atoms with van der Waals surface area (Å²) >= 11 is 3.03. The summed E-state index contributed by atoms with van der Waals surface area (Å²) in [7, 11) is 1.54. The van der Waals surface area contributed by atoms with Gasteiger partial charge >= 0.3 is 0 Å². The lowest BCUT2D eigenvalue weighted by Crippen LogP contribution is -2.36. The summed E-state index contributed by atoms with van der Waals surface area (Å²) in [6.45, 7) is 2.18.